The van der Waals surface area contributed by atoms with Gasteiger partial charge in [-0.15, -0.1) is 0 Å². The molecule has 0 bridgehead atoms. The molecule has 0 aliphatic carbocycles. The van der Waals surface area contributed by atoms with Crippen LogP contribution >= 0.6 is 0 Å². The van der Waals surface area contributed by atoms with Gasteiger partial charge in [0.25, 0.3) is 0 Å². The van der Waals surface area contributed by atoms with Crippen molar-refractivity contribution < 1.29 is 42.9 Å². The molecule has 0 amide bonds. The highest BCUT2D eigenvalue weighted by atomic mass is 16.7. The number of nitrogens with zero attached hydrogens (tertiary/aromatic N) is 1. The molecule has 0 saturated carbocycles. The van der Waals surface area contributed by atoms with Gasteiger partial charge >= 0.3 is 23.9 Å². The van der Waals surface area contributed by atoms with Crippen molar-refractivity contribution in [1.29, 1.82) is 0 Å². The van der Waals surface area contributed by atoms with E-state index in [0.717, 1.165) is 19.3 Å². The van der Waals surface area contributed by atoms with E-state index in [9.17, 15) is 19.2 Å². The molecule has 2 saturated heterocycles. The third-order valence-corrected chi connectivity index (χ3v) is 8.51. The molecule has 5 atom stereocenters. The monoisotopic (exact) mass is 663 g/mol. The molecular weight excluding hydrogens is 626 g/mol. The fourth-order valence-electron chi connectivity index (χ4n) is 6.01. The first-order valence-electron chi connectivity index (χ1n) is 16.4. The second kappa shape index (κ2) is 16.2. The third kappa shape index (κ3) is 8.40. The average Bonchev–Trinajstić information content (AvgIpc) is 3.17. The van der Waals surface area contributed by atoms with Crippen molar-refractivity contribution in [2.45, 2.75) is 49.9 Å². The van der Waals surface area contributed by atoms with Gasteiger partial charge in [-0.3, -0.25) is 4.90 Å². The quantitative estimate of drug-likeness (QED) is 0.154. The number of benzene rings is 4. The van der Waals surface area contributed by atoms with E-state index >= 15 is 0 Å². The van der Waals surface area contributed by atoms with Crippen molar-refractivity contribution >= 4 is 23.9 Å². The van der Waals surface area contributed by atoms with Crippen LogP contribution in [0.2, 0.25) is 0 Å². The summed E-state index contributed by atoms with van der Waals surface area (Å²) in [6, 6.07) is 33.6. The van der Waals surface area contributed by atoms with Gasteiger partial charge in [0.1, 0.15) is 12.7 Å². The largest absolute Gasteiger partial charge is 0.459 e. The molecule has 0 unspecified atom stereocenters. The Bertz CT molecular complexity index is 1700. The molecule has 2 heterocycles. The van der Waals surface area contributed by atoms with Crippen LogP contribution in [0.5, 0.6) is 0 Å². The van der Waals surface area contributed by atoms with Crippen molar-refractivity contribution in [2.75, 3.05) is 19.7 Å². The molecule has 0 radical (unpaired) electrons. The van der Waals surface area contributed by atoms with Crippen LogP contribution in [-0.2, 0) is 23.7 Å². The summed E-state index contributed by atoms with van der Waals surface area (Å²) in [5, 5.41) is 0. The van der Waals surface area contributed by atoms with Gasteiger partial charge in [0, 0.05) is 13.1 Å². The van der Waals surface area contributed by atoms with Crippen molar-refractivity contribution in [3.8, 4) is 0 Å². The minimum atomic E-state index is -1.35. The van der Waals surface area contributed by atoms with Crippen LogP contribution in [0.25, 0.3) is 0 Å². The predicted octanol–water partition coefficient (Wildman–Crippen LogP) is 5.73. The van der Waals surface area contributed by atoms with Crippen molar-refractivity contribution in [2.24, 2.45) is 0 Å². The maximum absolute atomic E-state index is 13.7. The van der Waals surface area contributed by atoms with Crippen LogP contribution in [-0.4, -0.2) is 79.1 Å². The van der Waals surface area contributed by atoms with Crippen molar-refractivity contribution in [3.63, 3.8) is 0 Å². The van der Waals surface area contributed by atoms with E-state index in [1.165, 1.54) is 0 Å². The first-order valence-corrected chi connectivity index (χ1v) is 16.4. The number of hydrogen-bond donors (Lipinski definition) is 0. The Kier molecular flexibility index (Phi) is 11.1. The molecule has 0 aromatic heterocycles. The fourth-order valence-corrected chi connectivity index (χ4v) is 6.01. The molecule has 0 spiro atoms. The first kappa shape index (κ1) is 33.6. The maximum atomic E-state index is 13.7. The summed E-state index contributed by atoms with van der Waals surface area (Å²) in [5.74, 6) is -2.72. The van der Waals surface area contributed by atoms with E-state index in [4.69, 9.17) is 23.7 Å². The summed E-state index contributed by atoms with van der Waals surface area (Å²) in [7, 11) is 0. The lowest BCUT2D eigenvalue weighted by Gasteiger charge is -2.48. The molecule has 6 rings (SSSR count). The van der Waals surface area contributed by atoms with Gasteiger partial charge < -0.3 is 23.7 Å². The van der Waals surface area contributed by atoms with E-state index in [2.05, 4.69) is 0 Å². The van der Waals surface area contributed by atoms with Crippen LogP contribution in [0, 0.1) is 0 Å². The van der Waals surface area contributed by atoms with Gasteiger partial charge in [0.2, 0.25) is 0 Å². The highest BCUT2D eigenvalue weighted by Crippen LogP contribution is 2.33. The van der Waals surface area contributed by atoms with E-state index < -0.39 is 54.5 Å². The fraction of sp³-hybridized carbons (Fsp3) is 0.282. The Balaban J connectivity index is 1.40. The topological polar surface area (TPSA) is 118 Å². The summed E-state index contributed by atoms with van der Waals surface area (Å²) in [4.78, 5) is 56.1. The molecule has 4 aromatic carbocycles. The summed E-state index contributed by atoms with van der Waals surface area (Å²) < 4.78 is 30.8. The number of carbonyl (C=O) groups is 4. The average molecular weight is 664 g/mol. The third-order valence-electron chi connectivity index (χ3n) is 8.51. The summed E-state index contributed by atoms with van der Waals surface area (Å²) >= 11 is 0. The number of ether oxygens (including phenoxy) is 5. The molecule has 10 heteroatoms. The smallest absolute Gasteiger partial charge is 0.338 e. The van der Waals surface area contributed by atoms with E-state index in [0.29, 0.717) is 18.7 Å². The van der Waals surface area contributed by atoms with Gasteiger partial charge in [-0.25, -0.2) is 19.2 Å². The van der Waals surface area contributed by atoms with Gasteiger partial charge in [-0.05, 0) is 61.4 Å². The zero-order valence-electron chi connectivity index (χ0n) is 26.8. The van der Waals surface area contributed by atoms with Crippen molar-refractivity contribution in [1.82, 2.24) is 4.90 Å². The Hall–Kier alpha value is -5.32. The number of rotatable bonds is 10. The van der Waals surface area contributed by atoms with E-state index in [1.54, 1.807) is 121 Å². The molecule has 49 heavy (non-hydrogen) atoms. The summed E-state index contributed by atoms with van der Waals surface area (Å²) in [6.45, 7) is 0.895. The minimum absolute atomic E-state index is 0.242. The van der Waals surface area contributed by atoms with Crippen LogP contribution in [0.4, 0.5) is 0 Å². The Morgan fingerprint density at radius 3 is 1.35 bits per heavy atom. The van der Waals surface area contributed by atoms with Crippen LogP contribution in [0.1, 0.15) is 60.7 Å². The Labute approximate surface area is 284 Å². The lowest BCUT2D eigenvalue weighted by molar-refractivity contribution is -0.264. The van der Waals surface area contributed by atoms with Crippen LogP contribution in [0.3, 0.4) is 0 Å². The molecule has 252 valence electrons. The molecule has 0 N–H and O–H groups in total. The standard InChI is InChI=1S/C39H37NO9/c41-36(27-16-6-1-7-17-27)45-26-31-32(47-37(42)28-18-8-2-9-19-28)33(48-38(43)29-20-10-3-11-21-29)34(35(46-31)40-24-14-5-15-25-40)49-39(44)30-22-12-4-13-23-30/h1-4,6-13,16-23,31-35H,5,14-15,24-26H2/t31-,32-,33+,34-,35-/m1/s1. The molecule has 2 aliphatic heterocycles. The van der Waals surface area contributed by atoms with Gasteiger partial charge in [-0.2, -0.15) is 0 Å². The van der Waals surface area contributed by atoms with Crippen LogP contribution in [0.15, 0.2) is 121 Å². The van der Waals surface area contributed by atoms with Crippen LogP contribution < -0.4 is 0 Å². The lowest BCUT2D eigenvalue weighted by Crippen LogP contribution is -2.66. The van der Waals surface area contributed by atoms with Crippen molar-refractivity contribution in [3.05, 3.63) is 144 Å². The number of hydrogen-bond acceptors (Lipinski definition) is 10. The van der Waals surface area contributed by atoms with Gasteiger partial charge in [-0.1, -0.05) is 79.2 Å². The molecular formula is C39H37NO9. The Morgan fingerprint density at radius 1 is 0.510 bits per heavy atom. The second-order valence-electron chi connectivity index (χ2n) is 11.8. The number of carbonyl (C=O) groups excluding carboxylic acids is 4. The second-order valence-corrected chi connectivity index (χ2v) is 11.8. The molecule has 2 aliphatic rings. The first-order chi connectivity index (χ1) is 24.0. The zero-order chi connectivity index (χ0) is 34.0. The number of esters is 4. The van der Waals surface area contributed by atoms with E-state index in [-0.39, 0.29) is 23.3 Å². The highest BCUT2D eigenvalue weighted by Gasteiger charge is 2.54. The number of piperidine rings is 1. The van der Waals surface area contributed by atoms with E-state index in [1.807, 2.05) is 4.90 Å². The summed E-state index contributed by atoms with van der Waals surface area (Å²) in [5.41, 5.74) is 1.10. The highest BCUT2D eigenvalue weighted by molar-refractivity contribution is 5.91. The SMILES string of the molecule is O=C(OC[C@H]1O[C@@H](N2CCCCC2)[C@H](OC(=O)c2ccccc2)[C@@H](OC(=O)c2ccccc2)[C@@H]1OC(=O)c1ccccc1)c1ccccc1. The van der Waals surface area contributed by atoms with Gasteiger partial charge in [0.15, 0.2) is 24.5 Å². The molecule has 10 nitrogen and oxygen atoms in total. The molecule has 2 fully saturated rings. The normalized spacial score (nSPS) is 22.3. The summed E-state index contributed by atoms with van der Waals surface area (Å²) in [6.07, 6.45) is -3.21. The minimum Gasteiger partial charge on any atom is -0.459 e. The van der Waals surface area contributed by atoms with Gasteiger partial charge in [0.05, 0.1) is 22.3 Å². The maximum Gasteiger partial charge on any atom is 0.338 e. The number of likely N-dealkylation sites (tertiary alicyclic amines) is 1. The Morgan fingerprint density at radius 2 is 0.898 bits per heavy atom. The lowest BCUT2D eigenvalue weighted by atomic mass is 9.95. The zero-order valence-corrected chi connectivity index (χ0v) is 26.8. The molecule has 4 aromatic rings. The predicted molar refractivity (Wildman–Crippen MR) is 178 cm³/mol.